The van der Waals surface area contributed by atoms with Crippen LogP contribution in [0.25, 0.3) is 0 Å². The van der Waals surface area contributed by atoms with Crippen LogP contribution in [0.2, 0.25) is 0 Å². The Bertz CT molecular complexity index is 608. The van der Waals surface area contributed by atoms with E-state index in [4.69, 9.17) is 9.47 Å². The predicted octanol–water partition coefficient (Wildman–Crippen LogP) is 4.23. The van der Waals surface area contributed by atoms with Crippen molar-refractivity contribution < 1.29 is 14.3 Å². The quantitative estimate of drug-likeness (QED) is 0.386. The van der Waals surface area contributed by atoms with Crippen LogP contribution in [0.5, 0.6) is 0 Å². The minimum Gasteiger partial charge on any atom is -0.361 e. The van der Waals surface area contributed by atoms with Crippen molar-refractivity contribution in [1.29, 1.82) is 0 Å². The maximum atomic E-state index is 12.2. The van der Waals surface area contributed by atoms with Crippen molar-refractivity contribution in [2.75, 3.05) is 36.9 Å². The average molecular weight is 408 g/mol. The van der Waals surface area contributed by atoms with Gasteiger partial charge in [0.1, 0.15) is 19.3 Å². The number of ether oxygens (including phenoxy) is 2. The van der Waals surface area contributed by atoms with Gasteiger partial charge in [0.2, 0.25) is 17.8 Å². The molecule has 1 N–H and O–H groups in total. The molecule has 0 aliphatic heterocycles. The first-order valence-corrected chi connectivity index (χ1v) is 11.1. The Morgan fingerprint density at radius 2 is 1.72 bits per heavy atom. The van der Waals surface area contributed by atoms with Crippen LogP contribution in [0.4, 0.5) is 11.9 Å². The number of carbonyl (C=O) groups is 1. The van der Waals surface area contributed by atoms with Crippen molar-refractivity contribution in [2.24, 2.45) is 0 Å². The molecule has 8 nitrogen and oxygen atoms in total. The van der Waals surface area contributed by atoms with E-state index in [0.29, 0.717) is 37.8 Å². The van der Waals surface area contributed by atoms with Crippen molar-refractivity contribution in [3.63, 3.8) is 0 Å². The van der Waals surface area contributed by atoms with E-state index in [1.165, 1.54) is 31.1 Å². The first-order valence-electron chi connectivity index (χ1n) is 11.1. The minimum atomic E-state index is -0.146. The van der Waals surface area contributed by atoms with Crippen molar-refractivity contribution in [2.45, 2.75) is 84.5 Å². The number of carbonyl (C=O) groups excluding carboxylic acids is 1. The van der Waals surface area contributed by atoms with Crippen LogP contribution < -0.4 is 10.2 Å². The lowest BCUT2D eigenvalue weighted by molar-refractivity contribution is -0.117. The van der Waals surface area contributed by atoms with Gasteiger partial charge in [-0.2, -0.15) is 15.0 Å². The Morgan fingerprint density at radius 1 is 1.03 bits per heavy atom. The number of unbranched alkanes of at least 4 members (excludes halogenated alkanes) is 2. The summed E-state index contributed by atoms with van der Waals surface area (Å²) in [7, 11) is 0. The van der Waals surface area contributed by atoms with Gasteiger partial charge in [-0.15, -0.1) is 0 Å². The van der Waals surface area contributed by atoms with E-state index < -0.39 is 0 Å². The molecule has 1 fully saturated rings. The van der Waals surface area contributed by atoms with E-state index in [9.17, 15) is 4.79 Å². The third-order valence-corrected chi connectivity index (χ3v) is 5.07. The first-order chi connectivity index (χ1) is 14.2. The molecule has 0 saturated heterocycles. The fraction of sp³-hybridized carbons (Fsp3) is 0.810. The standard InChI is InChI=1S/C21H37N5O3/c1-4-6-13-28-15-22-20-23-19(18-11-9-8-10-12-18)24-21(25-20)26(17(3)27)16-29-14-7-5-2/h18H,4-16H2,1-3H3,(H,22,23,24,25). The van der Waals surface area contributed by atoms with Crippen LogP contribution in [-0.2, 0) is 14.3 Å². The maximum absolute atomic E-state index is 12.2. The molecule has 0 aromatic carbocycles. The number of hydrogen-bond donors (Lipinski definition) is 1. The summed E-state index contributed by atoms with van der Waals surface area (Å²) in [5.74, 6) is 1.72. The van der Waals surface area contributed by atoms with Crippen LogP contribution in [0.15, 0.2) is 0 Å². The summed E-state index contributed by atoms with van der Waals surface area (Å²) < 4.78 is 11.2. The van der Waals surface area contributed by atoms with Crippen molar-refractivity contribution in [3.05, 3.63) is 5.82 Å². The van der Waals surface area contributed by atoms with Crippen molar-refractivity contribution >= 4 is 17.8 Å². The summed E-state index contributed by atoms with van der Waals surface area (Å²) in [6, 6.07) is 0. The van der Waals surface area contributed by atoms with Gasteiger partial charge in [0.15, 0.2) is 0 Å². The number of nitrogens with zero attached hydrogens (tertiary/aromatic N) is 4. The lowest BCUT2D eigenvalue weighted by atomic mass is 9.89. The fourth-order valence-corrected chi connectivity index (χ4v) is 3.25. The minimum absolute atomic E-state index is 0.146. The molecule has 164 valence electrons. The number of anilines is 2. The summed E-state index contributed by atoms with van der Waals surface area (Å²) in [5, 5.41) is 3.13. The lowest BCUT2D eigenvalue weighted by Gasteiger charge is -2.24. The molecule has 1 saturated carbocycles. The van der Waals surface area contributed by atoms with Crippen molar-refractivity contribution in [3.8, 4) is 0 Å². The zero-order valence-electron chi connectivity index (χ0n) is 18.3. The molecule has 2 rings (SSSR count). The number of amides is 1. The molecule has 0 atom stereocenters. The Morgan fingerprint density at radius 3 is 2.38 bits per heavy atom. The summed E-state index contributed by atoms with van der Waals surface area (Å²) in [6.45, 7) is 7.53. The molecule has 1 amide bonds. The van der Waals surface area contributed by atoms with Gasteiger partial charge in [0, 0.05) is 26.1 Å². The SMILES string of the molecule is CCCCOCNc1nc(C2CCCCC2)nc(N(COCCCC)C(C)=O)n1. The zero-order valence-corrected chi connectivity index (χ0v) is 18.3. The Labute approximate surface area is 174 Å². The van der Waals surface area contributed by atoms with Crippen LogP contribution >= 0.6 is 0 Å². The highest BCUT2D eigenvalue weighted by molar-refractivity contribution is 5.89. The van der Waals surface area contributed by atoms with Gasteiger partial charge in [-0.25, -0.2) is 0 Å². The van der Waals surface area contributed by atoms with Gasteiger partial charge in [-0.1, -0.05) is 46.0 Å². The monoisotopic (exact) mass is 407 g/mol. The molecule has 0 bridgehead atoms. The van der Waals surface area contributed by atoms with Gasteiger partial charge in [-0.05, 0) is 25.7 Å². The second-order valence-electron chi connectivity index (χ2n) is 7.57. The van der Waals surface area contributed by atoms with E-state index in [0.717, 1.165) is 44.3 Å². The van der Waals surface area contributed by atoms with E-state index in [1.54, 1.807) is 0 Å². The normalized spacial score (nSPS) is 14.7. The first kappa shape index (κ1) is 23.5. The molecule has 1 aliphatic carbocycles. The van der Waals surface area contributed by atoms with Crippen molar-refractivity contribution in [1.82, 2.24) is 15.0 Å². The second kappa shape index (κ2) is 13.4. The van der Waals surface area contributed by atoms with Gasteiger partial charge < -0.3 is 14.8 Å². The summed E-state index contributed by atoms with van der Waals surface area (Å²) in [6.07, 6.45) is 9.89. The molecular formula is C21H37N5O3. The molecule has 1 aromatic rings. The molecule has 29 heavy (non-hydrogen) atoms. The number of hydrogen-bond acceptors (Lipinski definition) is 7. The average Bonchev–Trinajstić information content (AvgIpc) is 2.74. The van der Waals surface area contributed by atoms with Crippen LogP contribution in [0, 0.1) is 0 Å². The van der Waals surface area contributed by atoms with E-state index >= 15 is 0 Å². The molecule has 0 radical (unpaired) electrons. The molecule has 1 aromatic heterocycles. The molecule has 1 heterocycles. The van der Waals surface area contributed by atoms with Gasteiger partial charge in [-0.3, -0.25) is 9.69 Å². The molecule has 8 heteroatoms. The van der Waals surface area contributed by atoms with Gasteiger partial charge >= 0.3 is 0 Å². The third kappa shape index (κ3) is 8.22. The molecular weight excluding hydrogens is 370 g/mol. The summed E-state index contributed by atoms with van der Waals surface area (Å²) in [4.78, 5) is 27.5. The lowest BCUT2D eigenvalue weighted by Crippen LogP contribution is -2.33. The van der Waals surface area contributed by atoms with E-state index in [1.807, 2.05) is 0 Å². The van der Waals surface area contributed by atoms with E-state index in [2.05, 4.69) is 34.1 Å². The largest absolute Gasteiger partial charge is 0.361 e. The highest BCUT2D eigenvalue weighted by Gasteiger charge is 2.23. The highest BCUT2D eigenvalue weighted by atomic mass is 16.5. The van der Waals surface area contributed by atoms with E-state index in [-0.39, 0.29) is 12.6 Å². The molecule has 1 aliphatic rings. The predicted molar refractivity (Wildman–Crippen MR) is 114 cm³/mol. The summed E-state index contributed by atoms with van der Waals surface area (Å²) >= 11 is 0. The Hall–Kier alpha value is -1.80. The highest BCUT2D eigenvalue weighted by Crippen LogP contribution is 2.31. The molecule has 0 unspecified atom stereocenters. The Kier molecular flexibility index (Phi) is 10.9. The van der Waals surface area contributed by atoms with Gasteiger partial charge in [0.25, 0.3) is 0 Å². The van der Waals surface area contributed by atoms with Crippen LogP contribution in [0.3, 0.4) is 0 Å². The zero-order chi connectivity index (χ0) is 20.9. The molecule has 0 spiro atoms. The maximum Gasteiger partial charge on any atom is 0.239 e. The number of nitrogens with one attached hydrogen (secondary N) is 1. The Balaban J connectivity index is 2.15. The van der Waals surface area contributed by atoms with Crippen LogP contribution in [-0.4, -0.2) is 47.5 Å². The topological polar surface area (TPSA) is 89.5 Å². The number of rotatable bonds is 13. The van der Waals surface area contributed by atoms with Crippen LogP contribution in [0.1, 0.15) is 90.3 Å². The fourth-order valence-electron chi connectivity index (χ4n) is 3.25. The summed E-state index contributed by atoms with van der Waals surface area (Å²) in [5.41, 5.74) is 0. The number of aromatic nitrogens is 3. The second-order valence-corrected chi connectivity index (χ2v) is 7.57. The third-order valence-electron chi connectivity index (χ3n) is 5.07. The smallest absolute Gasteiger partial charge is 0.239 e. The van der Waals surface area contributed by atoms with Gasteiger partial charge in [0.05, 0.1) is 0 Å².